The Morgan fingerprint density at radius 2 is 1.61 bits per heavy atom. The Bertz CT molecular complexity index is 894. The highest BCUT2D eigenvalue weighted by atomic mass is 79.9. The summed E-state index contributed by atoms with van der Waals surface area (Å²) in [6.45, 7) is 5.08. The van der Waals surface area contributed by atoms with Gasteiger partial charge >= 0.3 is 0 Å². The van der Waals surface area contributed by atoms with Crippen LogP contribution in [0.1, 0.15) is 31.4 Å². The predicted octanol–water partition coefficient (Wildman–Crippen LogP) is 4.07. The molecule has 28 heavy (non-hydrogen) atoms. The zero-order valence-corrected chi connectivity index (χ0v) is 19.0. The van der Waals surface area contributed by atoms with Gasteiger partial charge < -0.3 is 4.90 Å². The number of halogens is 1. The van der Waals surface area contributed by atoms with Gasteiger partial charge in [0.25, 0.3) is 0 Å². The molecule has 0 saturated heterocycles. The first-order chi connectivity index (χ1) is 13.3. The van der Waals surface area contributed by atoms with E-state index in [0.717, 1.165) is 15.6 Å². The van der Waals surface area contributed by atoms with Crippen LogP contribution in [-0.2, 0) is 27.8 Å². The Labute approximate surface area is 176 Å². The maximum absolute atomic E-state index is 12.5. The summed E-state index contributed by atoms with van der Waals surface area (Å²) in [6.07, 6.45) is 0.952. The lowest BCUT2D eigenvalue weighted by Gasteiger charge is -2.19. The van der Waals surface area contributed by atoms with Crippen LogP contribution in [-0.4, -0.2) is 43.7 Å². The van der Waals surface area contributed by atoms with Crippen molar-refractivity contribution in [2.24, 2.45) is 0 Å². The third-order valence-electron chi connectivity index (χ3n) is 4.69. The van der Waals surface area contributed by atoms with Crippen molar-refractivity contribution in [2.75, 3.05) is 20.1 Å². The third-order valence-corrected chi connectivity index (χ3v) is 7.52. The first kappa shape index (κ1) is 22.6. The molecule has 0 bridgehead atoms. The van der Waals surface area contributed by atoms with Crippen molar-refractivity contribution < 1.29 is 13.2 Å². The summed E-state index contributed by atoms with van der Waals surface area (Å²) in [7, 11) is -1.65. The van der Waals surface area contributed by atoms with E-state index in [0.29, 0.717) is 32.5 Å². The molecule has 7 heteroatoms. The minimum absolute atomic E-state index is 0.0515. The molecule has 0 saturated carbocycles. The van der Waals surface area contributed by atoms with Gasteiger partial charge in [0, 0.05) is 37.6 Å². The van der Waals surface area contributed by atoms with Gasteiger partial charge in [0.05, 0.1) is 4.90 Å². The quantitative estimate of drug-likeness (QED) is 0.559. The van der Waals surface area contributed by atoms with Gasteiger partial charge in [-0.15, -0.1) is 0 Å². The molecule has 2 rings (SSSR count). The predicted molar refractivity (Wildman–Crippen MR) is 115 cm³/mol. The Morgan fingerprint density at radius 1 is 1.00 bits per heavy atom. The monoisotopic (exact) mass is 466 g/mol. The summed E-state index contributed by atoms with van der Waals surface area (Å²) in [4.78, 5) is 14.4. The van der Waals surface area contributed by atoms with Crippen molar-refractivity contribution >= 4 is 31.9 Å². The third kappa shape index (κ3) is 5.65. The van der Waals surface area contributed by atoms with Crippen LogP contribution in [0.3, 0.4) is 0 Å². The standard InChI is InChI=1S/C21H27BrN2O3S/c1-4-24(5-2)28(26,27)19-13-10-17(11-14-19)12-15-21(25)23(3)16-18-8-6-7-9-20(18)22/h6-11,13-14H,4-5,12,15-16H2,1-3H3. The topological polar surface area (TPSA) is 57.7 Å². The van der Waals surface area contributed by atoms with E-state index >= 15 is 0 Å². The fourth-order valence-electron chi connectivity index (χ4n) is 2.95. The lowest BCUT2D eigenvalue weighted by Crippen LogP contribution is -2.30. The number of nitrogens with zero attached hydrogens (tertiary/aromatic N) is 2. The molecule has 152 valence electrons. The van der Waals surface area contributed by atoms with Gasteiger partial charge in [0.15, 0.2) is 0 Å². The molecule has 2 aromatic carbocycles. The number of amides is 1. The van der Waals surface area contributed by atoms with E-state index < -0.39 is 10.0 Å². The molecule has 0 aliphatic heterocycles. The summed E-state index contributed by atoms with van der Waals surface area (Å²) in [5, 5.41) is 0. The second-order valence-electron chi connectivity index (χ2n) is 6.57. The molecule has 0 aromatic heterocycles. The number of carbonyl (C=O) groups excluding carboxylic acids is 1. The molecule has 1 amide bonds. The van der Waals surface area contributed by atoms with Crippen LogP contribution in [0.25, 0.3) is 0 Å². The van der Waals surface area contributed by atoms with Crippen molar-refractivity contribution in [2.45, 2.75) is 38.1 Å². The first-order valence-electron chi connectivity index (χ1n) is 9.36. The maximum atomic E-state index is 12.5. The average Bonchev–Trinajstić information content (AvgIpc) is 2.68. The lowest BCUT2D eigenvalue weighted by molar-refractivity contribution is -0.130. The van der Waals surface area contributed by atoms with E-state index in [4.69, 9.17) is 0 Å². The lowest BCUT2D eigenvalue weighted by atomic mass is 10.1. The average molecular weight is 467 g/mol. The Hall–Kier alpha value is -1.70. The zero-order valence-electron chi connectivity index (χ0n) is 16.6. The van der Waals surface area contributed by atoms with E-state index in [1.807, 2.05) is 38.1 Å². The summed E-state index contributed by atoms with van der Waals surface area (Å²) in [5.74, 6) is 0.0515. The van der Waals surface area contributed by atoms with Crippen LogP contribution < -0.4 is 0 Å². The summed E-state index contributed by atoms with van der Waals surface area (Å²) in [5.41, 5.74) is 2.01. The van der Waals surface area contributed by atoms with Gasteiger partial charge in [-0.05, 0) is 35.7 Å². The number of hydrogen-bond donors (Lipinski definition) is 0. The van der Waals surface area contributed by atoms with Gasteiger partial charge in [0.2, 0.25) is 15.9 Å². The van der Waals surface area contributed by atoms with Gasteiger partial charge in [-0.3, -0.25) is 4.79 Å². The molecule has 0 unspecified atom stereocenters. The number of rotatable bonds is 9. The van der Waals surface area contributed by atoms with Crippen LogP contribution in [0.15, 0.2) is 57.9 Å². The Balaban J connectivity index is 1.95. The molecule has 0 aliphatic rings. The first-order valence-corrected chi connectivity index (χ1v) is 11.6. The second-order valence-corrected chi connectivity index (χ2v) is 9.37. The SMILES string of the molecule is CCN(CC)S(=O)(=O)c1ccc(CCC(=O)N(C)Cc2ccccc2Br)cc1. The fourth-order valence-corrected chi connectivity index (χ4v) is 4.82. The minimum atomic E-state index is -3.45. The number of carbonyl (C=O) groups is 1. The Kier molecular flexibility index (Phi) is 8.22. The van der Waals surface area contributed by atoms with E-state index in [1.165, 1.54) is 4.31 Å². The molecule has 0 fully saturated rings. The molecule has 0 spiro atoms. The van der Waals surface area contributed by atoms with E-state index in [9.17, 15) is 13.2 Å². The number of hydrogen-bond acceptors (Lipinski definition) is 3. The molecule has 0 N–H and O–H groups in total. The van der Waals surface area contributed by atoms with Crippen molar-refractivity contribution in [3.8, 4) is 0 Å². The molecular weight excluding hydrogens is 440 g/mol. The summed E-state index contributed by atoms with van der Waals surface area (Å²) >= 11 is 3.50. The molecule has 0 heterocycles. The molecule has 0 aliphatic carbocycles. The number of aryl methyl sites for hydroxylation is 1. The number of sulfonamides is 1. The van der Waals surface area contributed by atoms with Crippen molar-refractivity contribution in [3.05, 3.63) is 64.1 Å². The zero-order chi connectivity index (χ0) is 20.7. The normalized spacial score (nSPS) is 11.6. The number of benzene rings is 2. The van der Waals surface area contributed by atoms with E-state index in [2.05, 4.69) is 15.9 Å². The van der Waals surface area contributed by atoms with Crippen LogP contribution >= 0.6 is 15.9 Å². The highest BCUT2D eigenvalue weighted by molar-refractivity contribution is 9.10. The van der Waals surface area contributed by atoms with Crippen LogP contribution in [0.5, 0.6) is 0 Å². The summed E-state index contributed by atoms with van der Waals surface area (Å²) < 4.78 is 27.5. The molecule has 5 nitrogen and oxygen atoms in total. The van der Waals surface area contributed by atoms with E-state index in [-0.39, 0.29) is 10.8 Å². The molecule has 0 radical (unpaired) electrons. The largest absolute Gasteiger partial charge is 0.341 e. The van der Waals surface area contributed by atoms with Gasteiger partial charge in [-0.1, -0.05) is 60.1 Å². The van der Waals surface area contributed by atoms with E-state index in [1.54, 1.807) is 36.2 Å². The highest BCUT2D eigenvalue weighted by Crippen LogP contribution is 2.19. The van der Waals surface area contributed by atoms with Crippen molar-refractivity contribution in [1.29, 1.82) is 0 Å². The van der Waals surface area contributed by atoms with Gasteiger partial charge in [-0.25, -0.2) is 8.42 Å². The van der Waals surface area contributed by atoms with Crippen LogP contribution in [0.4, 0.5) is 0 Å². The second kappa shape index (κ2) is 10.2. The van der Waals surface area contributed by atoms with Gasteiger partial charge in [-0.2, -0.15) is 4.31 Å². The van der Waals surface area contributed by atoms with Crippen molar-refractivity contribution in [3.63, 3.8) is 0 Å². The summed E-state index contributed by atoms with van der Waals surface area (Å²) in [6, 6.07) is 14.7. The minimum Gasteiger partial charge on any atom is -0.341 e. The smallest absolute Gasteiger partial charge is 0.243 e. The van der Waals surface area contributed by atoms with Crippen LogP contribution in [0, 0.1) is 0 Å². The fraction of sp³-hybridized carbons (Fsp3) is 0.381. The molecule has 2 aromatic rings. The van der Waals surface area contributed by atoms with Gasteiger partial charge in [0.1, 0.15) is 0 Å². The Morgan fingerprint density at radius 3 is 2.18 bits per heavy atom. The highest BCUT2D eigenvalue weighted by Gasteiger charge is 2.21. The molecular formula is C21H27BrN2O3S. The van der Waals surface area contributed by atoms with Crippen LogP contribution in [0.2, 0.25) is 0 Å². The van der Waals surface area contributed by atoms with Crippen molar-refractivity contribution in [1.82, 2.24) is 9.21 Å². The molecule has 0 atom stereocenters. The maximum Gasteiger partial charge on any atom is 0.243 e.